The number of rotatable bonds is 4. The fourth-order valence-electron chi connectivity index (χ4n) is 2.32. The zero-order chi connectivity index (χ0) is 17.2. The van der Waals surface area contributed by atoms with Gasteiger partial charge in [0, 0.05) is 23.1 Å². The lowest BCUT2D eigenvalue weighted by molar-refractivity contribution is 0.102. The molecular weight excluding hydrogens is 322 g/mol. The number of carbonyl (C=O) groups is 1. The van der Waals surface area contributed by atoms with E-state index in [1.807, 2.05) is 13.0 Å². The van der Waals surface area contributed by atoms with Crippen LogP contribution in [-0.2, 0) is 0 Å². The van der Waals surface area contributed by atoms with E-state index < -0.39 is 0 Å². The maximum atomic E-state index is 12.5. The summed E-state index contributed by atoms with van der Waals surface area (Å²) in [6.45, 7) is 1.88. The molecule has 25 heavy (non-hydrogen) atoms. The lowest BCUT2D eigenvalue weighted by Gasteiger charge is -2.06. The highest BCUT2D eigenvalue weighted by molar-refractivity contribution is 6.06. The Bertz CT molecular complexity index is 1040. The first-order valence-corrected chi connectivity index (χ1v) is 7.42. The maximum absolute atomic E-state index is 12.5. The number of nitrogens with one attached hydrogen (secondary N) is 3. The van der Waals surface area contributed by atoms with Gasteiger partial charge in [0.1, 0.15) is 5.69 Å². The van der Waals surface area contributed by atoms with E-state index in [-0.39, 0.29) is 5.91 Å². The average molecular weight is 335 g/mol. The quantitative estimate of drug-likeness (QED) is 0.516. The topological polar surface area (TPSA) is 126 Å². The van der Waals surface area contributed by atoms with E-state index in [4.69, 9.17) is 0 Å². The SMILES string of the molecule is Cc1ccn2ncc(NC(=O)c3cccc(Nc4nn[nH]n4)c3)c2n1. The summed E-state index contributed by atoms with van der Waals surface area (Å²) in [6.07, 6.45) is 3.36. The van der Waals surface area contributed by atoms with E-state index in [0.717, 1.165) is 5.69 Å². The zero-order valence-electron chi connectivity index (χ0n) is 13.1. The molecule has 0 radical (unpaired) electrons. The van der Waals surface area contributed by atoms with E-state index >= 15 is 0 Å². The van der Waals surface area contributed by atoms with Crippen LogP contribution in [0.3, 0.4) is 0 Å². The molecule has 0 unspecified atom stereocenters. The molecule has 0 saturated heterocycles. The molecule has 0 spiro atoms. The Morgan fingerprint density at radius 2 is 2.20 bits per heavy atom. The number of hydrogen-bond donors (Lipinski definition) is 3. The number of benzene rings is 1. The highest BCUT2D eigenvalue weighted by Gasteiger charge is 2.12. The van der Waals surface area contributed by atoms with Crippen LogP contribution in [0.1, 0.15) is 16.1 Å². The van der Waals surface area contributed by atoms with Gasteiger partial charge in [-0.1, -0.05) is 11.2 Å². The van der Waals surface area contributed by atoms with Crippen molar-refractivity contribution in [3.8, 4) is 0 Å². The summed E-state index contributed by atoms with van der Waals surface area (Å²) in [6, 6.07) is 8.80. The highest BCUT2D eigenvalue weighted by Crippen LogP contribution is 2.18. The van der Waals surface area contributed by atoms with Gasteiger partial charge in [-0.3, -0.25) is 4.79 Å². The maximum Gasteiger partial charge on any atom is 0.267 e. The molecule has 124 valence electrons. The monoisotopic (exact) mass is 335 g/mol. The van der Waals surface area contributed by atoms with E-state index in [2.05, 4.69) is 41.3 Å². The first-order chi connectivity index (χ1) is 12.2. The Morgan fingerprint density at radius 3 is 3.04 bits per heavy atom. The lowest BCUT2D eigenvalue weighted by Crippen LogP contribution is -2.12. The van der Waals surface area contributed by atoms with Crippen molar-refractivity contribution in [3.05, 3.63) is 54.0 Å². The Labute approximate surface area is 141 Å². The predicted molar refractivity (Wildman–Crippen MR) is 89.6 cm³/mol. The highest BCUT2D eigenvalue weighted by atomic mass is 16.1. The van der Waals surface area contributed by atoms with Crippen molar-refractivity contribution in [3.63, 3.8) is 0 Å². The van der Waals surface area contributed by atoms with Gasteiger partial charge in [0.05, 0.1) is 6.20 Å². The number of carbonyl (C=O) groups excluding carboxylic acids is 1. The number of amides is 1. The Balaban J connectivity index is 1.57. The minimum Gasteiger partial charge on any atom is -0.322 e. The largest absolute Gasteiger partial charge is 0.322 e. The van der Waals surface area contributed by atoms with Crippen LogP contribution >= 0.6 is 0 Å². The van der Waals surface area contributed by atoms with Gasteiger partial charge in [-0.15, -0.1) is 5.10 Å². The molecule has 3 aromatic heterocycles. The van der Waals surface area contributed by atoms with E-state index in [1.165, 1.54) is 0 Å². The second-order valence-electron chi connectivity index (χ2n) is 5.29. The second-order valence-corrected chi connectivity index (χ2v) is 5.29. The van der Waals surface area contributed by atoms with Crippen LogP contribution in [0, 0.1) is 6.92 Å². The number of hydrogen-bond acceptors (Lipinski definition) is 7. The van der Waals surface area contributed by atoms with Gasteiger partial charge in [-0.05, 0) is 36.4 Å². The molecule has 3 N–H and O–H groups in total. The predicted octanol–water partition coefficient (Wildman–Crippen LogP) is 1.55. The van der Waals surface area contributed by atoms with Gasteiger partial charge in [0.2, 0.25) is 0 Å². The molecule has 10 nitrogen and oxygen atoms in total. The normalized spacial score (nSPS) is 10.8. The van der Waals surface area contributed by atoms with Gasteiger partial charge in [0.25, 0.3) is 11.9 Å². The lowest BCUT2D eigenvalue weighted by atomic mass is 10.2. The second kappa shape index (κ2) is 6.00. The number of aryl methyl sites for hydroxylation is 1. The molecule has 4 rings (SSSR count). The molecule has 4 aromatic rings. The first-order valence-electron chi connectivity index (χ1n) is 7.42. The summed E-state index contributed by atoms with van der Waals surface area (Å²) >= 11 is 0. The van der Waals surface area contributed by atoms with E-state index in [1.54, 1.807) is 41.2 Å². The number of anilines is 3. The summed E-state index contributed by atoms with van der Waals surface area (Å²) in [4.78, 5) is 16.9. The molecule has 1 aromatic carbocycles. The number of H-pyrrole nitrogens is 1. The van der Waals surface area contributed by atoms with Gasteiger partial charge < -0.3 is 10.6 Å². The Morgan fingerprint density at radius 1 is 1.28 bits per heavy atom. The first kappa shape index (κ1) is 14.8. The summed E-state index contributed by atoms with van der Waals surface area (Å²) in [5.74, 6) is 0.0508. The molecule has 10 heteroatoms. The summed E-state index contributed by atoms with van der Waals surface area (Å²) in [5.41, 5.74) is 3.12. The minimum absolute atomic E-state index is 0.269. The summed E-state index contributed by atoms with van der Waals surface area (Å²) in [5, 5.41) is 23.4. The van der Waals surface area contributed by atoms with Crippen LogP contribution < -0.4 is 10.6 Å². The van der Waals surface area contributed by atoms with Crippen LogP contribution in [0.5, 0.6) is 0 Å². The van der Waals surface area contributed by atoms with Crippen molar-refractivity contribution < 1.29 is 4.79 Å². The summed E-state index contributed by atoms with van der Waals surface area (Å²) < 4.78 is 1.61. The van der Waals surface area contributed by atoms with E-state index in [9.17, 15) is 4.79 Å². The molecule has 0 aliphatic rings. The molecule has 0 atom stereocenters. The fraction of sp³-hybridized carbons (Fsp3) is 0.0667. The van der Waals surface area contributed by atoms with Gasteiger partial charge >= 0.3 is 0 Å². The van der Waals surface area contributed by atoms with Crippen molar-refractivity contribution in [2.24, 2.45) is 0 Å². The minimum atomic E-state index is -0.269. The zero-order valence-corrected chi connectivity index (χ0v) is 13.1. The third-order valence-electron chi connectivity index (χ3n) is 3.48. The van der Waals surface area contributed by atoms with E-state index in [0.29, 0.717) is 28.5 Å². The number of fused-ring (bicyclic) bond motifs is 1. The molecule has 0 saturated carbocycles. The van der Waals surface area contributed by atoms with Crippen LogP contribution in [0.4, 0.5) is 17.3 Å². The van der Waals surface area contributed by atoms with Gasteiger partial charge in [0.15, 0.2) is 5.65 Å². The van der Waals surface area contributed by atoms with Crippen LogP contribution in [0.2, 0.25) is 0 Å². The molecule has 1 amide bonds. The van der Waals surface area contributed by atoms with Crippen molar-refractivity contribution in [2.75, 3.05) is 10.6 Å². The van der Waals surface area contributed by atoms with Gasteiger partial charge in [-0.25, -0.2) is 9.50 Å². The standard InChI is InChI=1S/C15H13N9O/c1-9-5-6-24-13(17-9)12(8-16-24)19-14(25)10-3-2-4-11(7-10)18-15-20-22-23-21-15/h2-8H,1H3,(H,19,25)(H2,18,20,21,22,23). The molecule has 0 aliphatic heterocycles. The molecule has 3 heterocycles. The van der Waals surface area contributed by atoms with Crippen molar-refractivity contribution in [2.45, 2.75) is 6.92 Å². The average Bonchev–Trinajstić information content (AvgIpc) is 3.25. The Kier molecular flexibility index (Phi) is 3.54. The molecular formula is C15H13N9O. The fourth-order valence-corrected chi connectivity index (χ4v) is 2.32. The van der Waals surface area contributed by atoms with Crippen LogP contribution in [0.25, 0.3) is 5.65 Å². The van der Waals surface area contributed by atoms with Crippen molar-refractivity contribution in [1.82, 2.24) is 35.2 Å². The smallest absolute Gasteiger partial charge is 0.267 e. The Hall–Kier alpha value is -3.82. The summed E-state index contributed by atoms with van der Waals surface area (Å²) in [7, 11) is 0. The van der Waals surface area contributed by atoms with Crippen molar-refractivity contribution >= 4 is 28.9 Å². The number of tetrazole rings is 1. The third-order valence-corrected chi connectivity index (χ3v) is 3.48. The number of nitrogens with zero attached hydrogens (tertiary/aromatic N) is 6. The number of aromatic nitrogens is 7. The molecule has 0 bridgehead atoms. The third kappa shape index (κ3) is 3.00. The molecule has 0 aliphatic carbocycles. The van der Waals surface area contributed by atoms with Crippen LogP contribution in [-0.4, -0.2) is 41.1 Å². The number of aromatic amines is 1. The van der Waals surface area contributed by atoms with Gasteiger partial charge in [-0.2, -0.15) is 10.3 Å². The van der Waals surface area contributed by atoms with Crippen LogP contribution in [0.15, 0.2) is 42.7 Å². The molecule has 0 fully saturated rings. The van der Waals surface area contributed by atoms with Crippen molar-refractivity contribution in [1.29, 1.82) is 0 Å².